The first-order valence-corrected chi connectivity index (χ1v) is 13.5. The number of aromatic nitrogens is 4. The summed E-state index contributed by atoms with van der Waals surface area (Å²) < 4.78 is 5.17. The van der Waals surface area contributed by atoms with Crippen LogP contribution < -0.4 is 5.32 Å². The molecule has 1 saturated heterocycles. The molecule has 2 aliphatic rings. The van der Waals surface area contributed by atoms with Crippen molar-refractivity contribution in [3.05, 3.63) is 41.2 Å². The van der Waals surface area contributed by atoms with E-state index in [-0.39, 0.29) is 5.92 Å². The molecule has 1 aliphatic carbocycles. The molecule has 6 rings (SSSR count). The second-order valence-corrected chi connectivity index (χ2v) is 10.7. The minimum Gasteiger partial charge on any atom is -0.385 e. The largest absolute Gasteiger partial charge is 0.385 e. The zero-order valence-corrected chi connectivity index (χ0v) is 21.3. The number of anilines is 2. The summed E-state index contributed by atoms with van der Waals surface area (Å²) in [6, 6.07) is 6.11. The molecule has 0 radical (unpaired) electrons. The fraction of sp³-hybridized carbons (Fsp3) is 0.462. The highest BCUT2D eigenvalue weighted by atomic mass is 32.1. The van der Waals surface area contributed by atoms with Crippen molar-refractivity contribution in [1.29, 1.82) is 0 Å². The molecular formula is C26H31N7O2S. The van der Waals surface area contributed by atoms with Crippen LogP contribution in [0.25, 0.3) is 21.1 Å². The summed E-state index contributed by atoms with van der Waals surface area (Å²) >= 11 is 1.71. The Morgan fingerprint density at radius 2 is 2.14 bits per heavy atom. The van der Waals surface area contributed by atoms with Gasteiger partial charge in [0.1, 0.15) is 17.0 Å². The predicted octanol–water partition coefficient (Wildman–Crippen LogP) is 3.60. The van der Waals surface area contributed by atoms with Crippen molar-refractivity contribution >= 4 is 49.9 Å². The molecule has 0 saturated carbocycles. The van der Waals surface area contributed by atoms with Crippen molar-refractivity contribution in [2.75, 3.05) is 51.8 Å². The lowest BCUT2D eigenvalue weighted by molar-refractivity contribution is -0.137. The molecule has 3 aromatic heterocycles. The van der Waals surface area contributed by atoms with Crippen LogP contribution in [0.5, 0.6) is 0 Å². The third kappa shape index (κ3) is 4.56. The van der Waals surface area contributed by atoms with Gasteiger partial charge in [-0.05, 0) is 49.4 Å². The van der Waals surface area contributed by atoms with Gasteiger partial charge in [0.15, 0.2) is 0 Å². The van der Waals surface area contributed by atoms with E-state index < -0.39 is 0 Å². The van der Waals surface area contributed by atoms with E-state index >= 15 is 0 Å². The Bertz CT molecular complexity index is 1380. The van der Waals surface area contributed by atoms with Gasteiger partial charge in [0, 0.05) is 68.3 Å². The molecule has 4 heterocycles. The molecule has 0 spiro atoms. The predicted molar refractivity (Wildman–Crippen MR) is 142 cm³/mol. The molecule has 9 nitrogen and oxygen atoms in total. The number of H-pyrrole nitrogens is 1. The summed E-state index contributed by atoms with van der Waals surface area (Å²) in [5.41, 5.74) is 3.27. The van der Waals surface area contributed by atoms with E-state index in [9.17, 15) is 4.79 Å². The number of benzene rings is 1. The molecule has 188 valence electrons. The Hall–Kier alpha value is -3.08. The number of methoxy groups -OCH3 is 1. The van der Waals surface area contributed by atoms with Crippen LogP contribution in [0.3, 0.4) is 0 Å². The molecule has 0 bridgehead atoms. The van der Waals surface area contributed by atoms with Gasteiger partial charge >= 0.3 is 0 Å². The second-order valence-electron chi connectivity index (χ2n) is 9.66. The number of piperazine rings is 1. The number of hydrogen-bond acceptors (Lipinski definition) is 8. The molecule has 1 amide bonds. The first-order chi connectivity index (χ1) is 17.7. The van der Waals surface area contributed by atoms with Crippen molar-refractivity contribution < 1.29 is 9.53 Å². The number of aromatic amines is 1. The number of nitrogens with zero attached hydrogens (tertiary/aromatic N) is 5. The van der Waals surface area contributed by atoms with E-state index in [4.69, 9.17) is 4.74 Å². The number of nitrogens with one attached hydrogen (secondary N) is 2. The van der Waals surface area contributed by atoms with Gasteiger partial charge in [-0.25, -0.2) is 9.97 Å². The number of thiophene rings is 1. The summed E-state index contributed by atoms with van der Waals surface area (Å²) in [5, 5.41) is 12.7. The van der Waals surface area contributed by atoms with Crippen molar-refractivity contribution in [3.8, 4) is 0 Å². The van der Waals surface area contributed by atoms with Gasteiger partial charge in [-0.1, -0.05) is 0 Å². The lowest BCUT2D eigenvalue weighted by Gasteiger charge is -2.37. The Morgan fingerprint density at radius 3 is 3.00 bits per heavy atom. The lowest BCUT2D eigenvalue weighted by Crippen LogP contribution is -2.51. The average Bonchev–Trinajstić information content (AvgIpc) is 3.53. The number of ether oxygens (including phenoxy) is 1. The van der Waals surface area contributed by atoms with Gasteiger partial charge in [-0.15, -0.1) is 11.3 Å². The van der Waals surface area contributed by atoms with Crippen molar-refractivity contribution in [2.45, 2.75) is 25.7 Å². The molecule has 4 aromatic rings. The summed E-state index contributed by atoms with van der Waals surface area (Å²) in [5.74, 6) is 1.20. The van der Waals surface area contributed by atoms with Crippen LogP contribution >= 0.6 is 11.3 Å². The molecule has 0 unspecified atom stereocenters. The zero-order valence-electron chi connectivity index (χ0n) is 20.5. The van der Waals surface area contributed by atoms with E-state index in [0.29, 0.717) is 5.91 Å². The van der Waals surface area contributed by atoms with Gasteiger partial charge in [0.2, 0.25) is 5.91 Å². The lowest BCUT2D eigenvalue weighted by atomic mass is 9.86. The summed E-state index contributed by atoms with van der Waals surface area (Å²) in [4.78, 5) is 29.3. The summed E-state index contributed by atoms with van der Waals surface area (Å²) in [6.07, 6.45) is 7.04. The van der Waals surface area contributed by atoms with Gasteiger partial charge in [-0.3, -0.25) is 14.8 Å². The van der Waals surface area contributed by atoms with Gasteiger partial charge in [-0.2, -0.15) is 5.10 Å². The molecule has 1 aliphatic heterocycles. The number of amides is 1. The smallest absolute Gasteiger partial charge is 0.226 e. The first kappa shape index (κ1) is 23.3. The average molecular weight is 506 g/mol. The van der Waals surface area contributed by atoms with Crippen molar-refractivity contribution in [3.63, 3.8) is 0 Å². The Labute approximate surface area is 213 Å². The minimum atomic E-state index is 0.0541. The van der Waals surface area contributed by atoms with E-state index in [0.717, 1.165) is 97.6 Å². The number of carbonyl (C=O) groups excluding carboxylic acids is 1. The maximum Gasteiger partial charge on any atom is 0.226 e. The SMILES string of the molecule is COCCCN1CCN(C(=O)[C@H]2CCc3c(sc4ncnc(Nc5ccc6[nH]ncc6c5)c34)C2)CC1. The van der Waals surface area contributed by atoms with Crippen LogP contribution in [0, 0.1) is 5.92 Å². The fourth-order valence-corrected chi connectivity index (χ4v) is 6.72. The third-order valence-corrected chi connectivity index (χ3v) is 8.57. The van der Waals surface area contributed by atoms with Gasteiger partial charge in [0.05, 0.1) is 17.1 Å². The Kier molecular flexibility index (Phi) is 6.56. The van der Waals surface area contributed by atoms with Crippen LogP contribution in [0.1, 0.15) is 23.3 Å². The van der Waals surface area contributed by atoms with Crippen LogP contribution in [0.4, 0.5) is 11.5 Å². The molecule has 1 atom stereocenters. The van der Waals surface area contributed by atoms with E-state index in [2.05, 4.69) is 41.3 Å². The number of hydrogen-bond donors (Lipinski definition) is 2. The quantitative estimate of drug-likeness (QED) is 0.370. The van der Waals surface area contributed by atoms with Crippen molar-refractivity contribution in [2.24, 2.45) is 5.92 Å². The van der Waals surface area contributed by atoms with Crippen LogP contribution in [0.2, 0.25) is 0 Å². The zero-order chi connectivity index (χ0) is 24.5. The number of carbonyl (C=O) groups is 1. The Morgan fingerprint density at radius 1 is 1.25 bits per heavy atom. The van der Waals surface area contributed by atoms with E-state index in [1.165, 1.54) is 10.4 Å². The Balaban J connectivity index is 1.15. The molecular weight excluding hydrogens is 474 g/mol. The molecule has 2 N–H and O–H groups in total. The minimum absolute atomic E-state index is 0.0541. The highest BCUT2D eigenvalue weighted by Crippen LogP contribution is 2.41. The van der Waals surface area contributed by atoms with Crippen LogP contribution in [-0.2, 0) is 22.4 Å². The number of fused-ring (bicyclic) bond motifs is 4. The normalized spacial score (nSPS) is 18.6. The second kappa shape index (κ2) is 10.1. The topological polar surface area (TPSA) is 99.3 Å². The highest BCUT2D eigenvalue weighted by Gasteiger charge is 2.32. The molecule has 36 heavy (non-hydrogen) atoms. The third-order valence-electron chi connectivity index (χ3n) is 7.40. The van der Waals surface area contributed by atoms with Crippen LogP contribution in [-0.4, -0.2) is 82.3 Å². The van der Waals surface area contributed by atoms with Crippen molar-refractivity contribution in [1.82, 2.24) is 30.0 Å². The van der Waals surface area contributed by atoms with E-state index in [1.54, 1.807) is 24.8 Å². The summed E-state index contributed by atoms with van der Waals surface area (Å²) in [6.45, 7) is 5.37. The highest BCUT2D eigenvalue weighted by molar-refractivity contribution is 7.19. The first-order valence-electron chi connectivity index (χ1n) is 12.6. The molecule has 10 heteroatoms. The van der Waals surface area contributed by atoms with Crippen LogP contribution in [0.15, 0.2) is 30.7 Å². The van der Waals surface area contributed by atoms with Gasteiger partial charge < -0.3 is 15.0 Å². The monoisotopic (exact) mass is 505 g/mol. The number of rotatable bonds is 7. The van der Waals surface area contributed by atoms with E-state index in [1.807, 2.05) is 18.3 Å². The number of aryl methyl sites for hydroxylation is 1. The summed E-state index contributed by atoms with van der Waals surface area (Å²) in [7, 11) is 1.74. The fourth-order valence-electron chi connectivity index (χ4n) is 5.46. The van der Waals surface area contributed by atoms with Gasteiger partial charge in [0.25, 0.3) is 0 Å². The maximum atomic E-state index is 13.4. The molecule has 1 aromatic carbocycles. The molecule has 1 fully saturated rings. The maximum absolute atomic E-state index is 13.4. The standard InChI is InChI=1S/C26H31N7O2S/c1-35-12-2-7-32-8-10-33(11-9-32)26(34)17-3-5-20-22(14-17)36-25-23(20)24(27-16-28-25)30-19-4-6-21-18(13-19)15-29-31-21/h4,6,13,15-17H,2-3,5,7-12,14H2,1H3,(H,29,31)(H,27,28,30)/t17-/m0/s1.